The Labute approximate surface area is 198 Å². The van der Waals surface area contributed by atoms with Crippen molar-refractivity contribution in [2.24, 2.45) is 10.7 Å². The summed E-state index contributed by atoms with van der Waals surface area (Å²) in [7, 11) is -2.88. The molecule has 33 heavy (non-hydrogen) atoms. The van der Waals surface area contributed by atoms with E-state index in [1.165, 1.54) is 18.2 Å². The van der Waals surface area contributed by atoms with E-state index < -0.39 is 15.7 Å². The van der Waals surface area contributed by atoms with Gasteiger partial charge in [0.05, 0.1) is 21.7 Å². The molecule has 1 aliphatic heterocycles. The minimum Gasteiger partial charge on any atom is -0.382 e. The van der Waals surface area contributed by atoms with Gasteiger partial charge in [-0.05, 0) is 55.6 Å². The van der Waals surface area contributed by atoms with E-state index in [2.05, 4.69) is 41.5 Å². The summed E-state index contributed by atoms with van der Waals surface area (Å²) in [4.78, 5) is 6.39. The summed E-state index contributed by atoms with van der Waals surface area (Å²) < 4.78 is 41.6. The zero-order valence-corrected chi connectivity index (χ0v) is 19.9. The molecule has 0 radical (unpaired) electrons. The number of aromatic nitrogens is 2. The summed E-state index contributed by atoms with van der Waals surface area (Å²) in [6.07, 6.45) is 0. The first-order valence-electron chi connectivity index (χ1n) is 10.2. The van der Waals surface area contributed by atoms with Gasteiger partial charge in [-0.1, -0.05) is 24.3 Å². The van der Waals surface area contributed by atoms with Crippen LogP contribution in [0.25, 0.3) is 0 Å². The Morgan fingerprint density at radius 3 is 2.55 bits per heavy atom. The number of hydrogen-bond acceptors (Lipinski definition) is 8. The van der Waals surface area contributed by atoms with Crippen LogP contribution in [-0.4, -0.2) is 54.1 Å². The molecule has 0 unspecified atom stereocenters. The fraction of sp³-hybridized carbons (Fsp3) is 0.286. The van der Waals surface area contributed by atoms with Crippen molar-refractivity contribution in [3.63, 3.8) is 0 Å². The highest BCUT2D eigenvalue weighted by Crippen LogP contribution is 2.23. The van der Waals surface area contributed by atoms with E-state index in [1.54, 1.807) is 0 Å². The Hall–Kier alpha value is -2.83. The third-order valence-corrected chi connectivity index (χ3v) is 7.43. The van der Waals surface area contributed by atoms with E-state index in [0.717, 1.165) is 11.1 Å². The third-order valence-electron chi connectivity index (χ3n) is 5.21. The highest BCUT2D eigenvalue weighted by atomic mass is 79.9. The van der Waals surface area contributed by atoms with Crippen molar-refractivity contribution in [2.75, 3.05) is 29.9 Å². The highest BCUT2D eigenvalue weighted by molar-refractivity contribution is 9.10. The van der Waals surface area contributed by atoms with Gasteiger partial charge in [0.15, 0.2) is 21.4 Å². The molecule has 1 saturated heterocycles. The van der Waals surface area contributed by atoms with Gasteiger partial charge >= 0.3 is 0 Å². The molecule has 0 saturated carbocycles. The van der Waals surface area contributed by atoms with E-state index in [4.69, 9.17) is 10.4 Å². The number of nitrogens with two attached hydrogens (primary N) is 1. The van der Waals surface area contributed by atoms with E-state index in [0.29, 0.717) is 37.7 Å². The van der Waals surface area contributed by atoms with Gasteiger partial charge in [0.1, 0.15) is 5.82 Å². The quantitative estimate of drug-likeness (QED) is 0.348. The number of hydrogen-bond donors (Lipinski definition) is 2. The van der Waals surface area contributed by atoms with Crippen LogP contribution in [0.1, 0.15) is 16.8 Å². The van der Waals surface area contributed by atoms with Crippen molar-refractivity contribution in [2.45, 2.75) is 13.1 Å². The third kappa shape index (κ3) is 6.15. The molecule has 0 bridgehead atoms. The number of halogens is 2. The fourth-order valence-electron chi connectivity index (χ4n) is 3.33. The maximum Gasteiger partial charge on any atom is 0.202 e. The standard InChI is InChI=1S/C21H22BrFN6O3S/c22-17-11-16(5-6-18(17)23)26-20(24)19-21(28-32-27-19)25-12-14-1-3-15(4-2-14)13-29-7-9-33(30,31)10-8-29/h1-6,11H,7-10,12-13H2,(H2,24,26)(H,25,28). The first kappa shape index (κ1) is 23.3. The Bertz CT molecular complexity index is 1250. The zero-order valence-electron chi connectivity index (χ0n) is 17.5. The van der Waals surface area contributed by atoms with Crippen LogP contribution >= 0.6 is 15.9 Å². The van der Waals surface area contributed by atoms with Crippen molar-refractivity contribution >= 4 is 43.1 Å². The minimum absolute atomic E-state index is 0.0798. The Morgan fingerprint density at radius 1 is 1.15 bits per heavy atom. The predicted molar refractivity (Wildman–Crippen MR) is 126 cm³/mol. The summed E-state index contributed by atoms with van der Waals surface area (Å²) in [5.74, 6) is 0.460. The molecule has 1 aliphatic rings. The Balaban J connectivity index is 1.36. The molecule has 3 aromatic rings. The fourth-order valence-corrected chi connectivity index (χ4v) is 4.98. The van der Waals surface area contributed by atoms with Gasteiger partial charge in [-0.2, -0.15) is 0 Å². The van der Waals surface area contributed by atoms with Crippen LogP contribution in [0.15, 0.2) is 56.6 Å². The van der Waals surface area contributed by atoms with E-state index >= 15 is 0 Å². The van der Waals surface area contributed by atoms with E-state index in [1.807, 2.05) is 24.3 Å². The van der Waals surface area contributed by atoms with Crippen molar-refractivity contribution in [1.29, 1.82) is 0 Å². The molecular weight excluding hydrogens is 515 g/mol. The van der Waals surface area contributed by atoms with E-state index in [-0.39, 0.29) is 27.5 Å². The lowest BCUT2D eigenvalue weighted by molar-refractivity contribution is 0.287. The first-order chi connectivity index (χ1) is 15.8. The number of amidine groups is 1. The average molecular weight is 537 g/mol. The zero-order chi connectivity index (χ0) is 23.4. The molecule has 12 heteroatoms. The van der Waals surface area contributed by atoms with Crippen LogP contribution in [0.2, 0.25) is 0 Å². The SMILES string of the molecule is NC(=Nc1ccc(F)c(Br)c1)c1nonc1NCc1ccc(CN2CCS(=O)(=O)CC2)cc1. The van der Waals surface area contributed by atoms with Crippen molar-refractivity contribution in [3.8, 4) is 0 Å². The molecule has 0 amide bonds. The average Bonchev–Trinajstić information content (AvgIpc) is 3.26. The minimum atomic E-state index is -2.88. The number of rotatable bonds is 7. The number of nitrogens with zero attached hydrogens (tertiary/aromatic N) is 4. The summed E-state index contributed by atoms with van der Waals surface area (Å²) in [5.41, 5.74) is 8.88. The number of benzene rings is 2. The molecule has 0 atom stereocenters. The summed E-state index contributed by atoms with van der Waals surface area (Å²) in [5, 5.41) is 10.8. The van der Waals surface area contributed by atoms with Gasteiger partial charge in [0.25, 0.3) is 0 Å². The van der Waals surface area contributed by atoms with Gasteiger partial charge in [0, 0.05) is 26.2 Å². The van der Waals surface area contributed by atoms with Crippen LogP contribution in [0.5, 0.6) is 0 Å². The van der Waals surface area contributed by atoms with Crippen LogP contribution in [0.3, 0.4) is 0 Å². The van der Waals surface area contributed by atoms with Crippen LogP contribution in [0.4, 0.5) is 15.9 Å². The molecule has 2 aromatic carbocycles. The number of aliphatic imine (C=N–C) groups is 1. The molecule has 0 spiro atoms. The maximum atomic E-state index is 13.4. The molecule has 4 rings (SSSR count). The molecule has 3 N–H and O–H groups in total. The van der Waals surface area contributed by atoms with Gasteiger partial charge in [-0.3, -0.25) is 4.90 Å². The van der Waals surface area contributed by atoms with Gasteiger partial charge in [-0.25, -0.2) is 22.4 Å². The molecule has 174 valence electrons. The monoisotopic (exact) mass is 536 g/mol. The molecule has 2 heterocycles. The number of sulfone groups is 1. The second-order valence-electron chi connectivity index (χ2n) is 7.65. The second kappa shape index (κ2) is 9.98. The van der Waals surface area contributed by atoms with Gasteiger partial charge < -0.3 is 11.1 Å². The summed E-state index contributed by atoms with van der Waals surface area (Å²) >= 11 is 3.12. The smallest absolute Gasteiger partial charge is 0.202 e. The van der Waals surface area contributed by atoms with Crippen molar-refractivity contribution in [3.05, 3.63) is 69.6 Å². The Morgan fingerprint density at radius 2 is 1.85 bits per heavy atom. The number of anilines is 1. The molecule has 0 aliphatic carbocycles. The lowest BCUT2D eigenvalue weighted by Gasteiger charge is -2.26. The van der Waals surface area contributed by atoms with E-state index in [9.17, 15) is 12.8 Å². The van der Waals surface area contributed by atoms with Crippen LogP contribution in [-0.2, 0) is 22.9 Å². The van der Waals surface area contributed by atoms with Crippen LogP contribution in [0, 0.1) is 5.82 Å². The molecular formula is C21H22BrFN6O3S. The largest absolute Gasteiger partial charge is 0.382 e. The van der Waals surface area contributed by atoms with Crippen molar-refractivity contribution < 1.29 is 17.4 Å². The van der Waals surface area contributed by atoms with Crippen LogP contribution < -0.4 is 11.1 Å². The Kier molecular flexibility index (Phi) is 7.05. The molecule has 1 aromatic heterocycles. The van der Waals surface area contributed by atoms with Crippen molar-refractivity contribution in [1.82, 2.24) is 15.2 Å². The predicted octanol–water partition coefficient (Wildman–Crippen LogP) is 2.85. The second-order valence-corrected chi connectivity index (χ2v) is 10.8. The normalized spacial score (nSPS) is 16.6. The van der Waals surface area contributed by atoms with Gasteiger partial charge in [-0.15, -0.1) is 0 Å². The number of nitrogens with one attached hydrogen (secondary N) is 1. The maximum absolute atomic E-state index is 13.4. The lowest BCUT2D eigenvalue weighted by Crippen LogP contribution is -2.39. The lowest BCUT2D eigenvalue weighted by atomic mass is 10.1. The highest BCUT2D eigenvalue weighted by Gasteiger charge is 2.21. The summed E-state index contributed by atoms with van der Waals surface area (Å²) in [6.45, 7) is 2.29. The van der Waals surface area contributed by atoms with Gasteiger partial charge in [0.2, 0.25) is 5.82 Å². The first-order valence-corrected chi connectivity index (χ1v) is 12.8. The molecule has 9 nitrogen and oxygen atoms in total. The topological polar surface area (TPSA) is 127 Å². The summed E-state index contributed by atoms with van der Waals surface area (Å²) in [6, 6.07) is 12.3. The molecule has 1 fully saturated rings.